The summed E-state index contributed by atoms with van der Waals surface area (Å²) in [6.07, 6.45) is 6.99. The van der Waals surface area contributed by atoms with Crippen molar-refractivity contribution in [1.29, 1.82) is 0 Å². The number of aromatic nitrogens is 4. The fourth-order valence-electron chi connectivity index (χ4n) is 2.76. The van der Waals surface area contributed by atoms with Crippen molar-refractivity contribution in [2.75, 3.05) is 11.4 Å². The third-order valence-electron chi connectivity index (χ3n) is 4.00. The molecule has 3 rings (SSSR count). The highest BCUT2D eigenvalue weighted by Gasteiger charge is 2.32. The van der Waals surface area contributed by atoms with Crippen molar-refractivity contribution >= 4 is 23.4 Å². The number of anilines is 1. The number of carbonyl (C=O) groups is 1. The number of amides is 1. The summed E-state index contributed by atoms with van der Waals surface area (Å²) in [7, 11) is 1.83. The molecule has 0 radical (unpaired) electrons. The average Bonchev–Trinajstić information content (AvgIpc) is 2.95. The van der Waals surface area contributed by atoms with E-state index in [1.165, 1.54) is 17.8 Å². The second-order valence-electron chi connectivity index (χ2n) is 6.16. The summed E-state index contributed by atoms with van der Waals surface area (Å²) in [5.41, 5.74) is 0.539. The minimum Gasteiger partial charge on any atom is -0.325 e. The van der Waals surface area contributed by atoms with Gasteiger partial charge in [0, 0.05) is 38.1 Å². The number of hydrogen-bond acceptors (Lipinski definition) is 5. The number of thioether (sulfide) groups is 1. The molecule has 1 saturated heterocycles. The molecule has 0 bridgehead atoms. The first-order valence-corrected chi connectivity index (χ1v) is 8.89. The zero-order chi connectivity index (χ0) is 17.3. The van der Waals surface area contributed by atoms with Crippen LogP contribution in [0.3, 0.4) is 0 Å². The molecule has 0 N–H and O–H groups in total. The molecule has 1 aliphatic rings. The molecule has 0 saturated carbocycles. The largest absolute Gasteiger partial charge is 0.325 e. The number of hydrogen-bond donors (Lipinski definition) is 0. The zero-order valence-corrected chi connectivity index (χ0v) is 14.9. The lowest BCUT2D eigenvalue weighted by Crippen LogP contribution is -2.43. The van der Waals surface area contributed by atoms with Crippen LogP contribution in [0.5, 0.6) is 0 Å². The highest BCUT2D eigenvalue weighted by atomic mass is 32.2. The Morgan fingerprint density at radius 3 is 2.79 bits per heavy atom. The van der Waals surface area contributed by atoms with E-state index in [9.17, 15) is 9.59 Å². The smallest absolute Gasteiger partial charge is 0.273 e. The lowest BCUT2D eigenvalue weighted by Gasteiger charge is -2.31. The van der Waals surface area contributed by atoms with Crippen molar-refractivity contribution in [2.45, 2.75) is 43.1 Å². The molecular weight excluding hydrogens is 326 g/mol. The predicted molar refractivity (Wildman–Crippen MR) is 93.3 cm³/mol. The second kappa shape index (κ2) is 6.80. The summed E-state index contributed by atoms with van der Waals surface area (Å²) in [5, 5.41) is 4.51. The monoisotopic (exact) mass is 347 g/mol. The summed E-state index contributed by atoms with van der Waals surface area (Å²) in [4.78, 5) is 30.4. The van der Waals surface area contributed by atoms with Crippen LogP contribution < -0.4 is 10.5 Å². The van der Waals surface area contributed by atoms with Gasteiger partial charge >= 0.3 is 0 Å². The van der Waals surface area contributed by atoms with Crippen LogP contribution in [0.15, 0.2) is 34.6 Å². The van der Waals surface area contributed by atoms with Crippen molar-refractivity contribution in [1.82, 2.24) is 19.3 Å². The molecule has 1 atom stereocenters. The van der Waals surface area contributed by atoms with Crippen LogP contribution in [0, 0.1) is 0 Å². The Kier molecular flexibility index (Phi) is 4.75. The van der Waals surface area contributed by atoms with E-state index in [1.807, 2.05) is 31.7 Å². The molecule has 0 spiro atoms. The van der Waals surface area contributed by atoms with Gasteiger partial charge in [0.25, 0.3) is 5.56 Å². The fourth-order valence-corrected chi connectivity index (χ4v) is 4.06. The Morgan fingerprint density at radius 2 is 2.12 bits per heavy atom. The van der Waals surface area contributed by atoms with Gasteiger partial charge in [0.1, 0.15) is 0 Å². The fraction of sp³-hybridized carbons (Fsp3) is 0.500. The molecular formula is C16H21N5O2S. The van der Waals surface area contributed by atoms with Gasteiger partial charge in [-0.15, -0.1) is 0 Å². The number of piperidine rings is 1. The van der Waals surface area contributed by atoms with Gasteiger partial charge in [-0.3, -0.25) is 14.3 Å². The first kappa shape index (κ1) is 16.8. The normalized spacial score (nSPS) is 18.4. The Balaban J connectivity index is 1.84. The van der Waals surface area contributed by atoms with Crippen molar-refractivity contribution in [3.63, 3.8) is 0 Å². The number of rotatable bonds is 4. The molecule has 3 heterocycles. The van der Waals surface area contributed by atoms with Crippen LogP contribution in [0.1, 0.15) is 32.7 Å². The minimum absolute atomic E-state index is 0.0488. The van der Waals surface area contributed by atoms with Crippen molar-refractivity contribution in [3.05, 3.63) is 35.0 Å². The highest BCUT2D eigenvalue weighted by Crippen LogP contribution is 2.31. The Morgan fingerprint density at radius 1 is 1.33 bits per heavy atom. The number of nitrogens with zero attached hydrogens (tertiary/aromatic N) is 5. The van der Waals surface area contributed by atoms with E-state index in [-0.39, 0.29) is 22.8 Å². The van der Waals surface area contributed by atoms with E-state index in [4.69, 9.17) is 0 Å². The summed E-state index contributed by atoms with van der Waals surface area (Å²) in [6, 6.07) is 1.63. The van der Waals surface area contributed by atoms with E-state index in [1.54, 1.807) is 22.0 Å². The molecule has 1 amide bonds. The van der Waals surface area contributed by atoms with Crippen molar-refractivity contribution in [3.8, 4) is 0 Å². The second-order valence-corrected chi connectivity index (χ2v) is 7.33. The standard InChI is InChI=1S/C16H21N5O2S/c1-11(2)20-8-6-14(22)18-16(20)24-13-5-4-7-21(15(13)23)12-9-17-19(3)10-12/h6,8-11,13H,4-5,7H2,1-3H3/t13-/m1/s1. The molecule has 2 aromatic rings. The van der Waals surface area contributed by atoms with Crippen molar-refractivity contribution < 1.29 is 4.79 Å². The summed E-state index contributed by atoms with van der Waals surface area (Å²) in [5.74, 6) is 0.0488. The SMILES string of the molecule is CC(C)n1ccc(=O)nc1S[C@@H]1CCCN(c2cnn(C)c2)C1=O. The molecule has 1 fully saturated rings. The molecule has 2 aromatic heterocycles. The van der Waals surface area contributed by atoms with Gasteiger partial charge in [0.15, 0.2) is 5.16 Å². The number of aryl methyl sites for hydroxylation is 1. The lowest BCUT2D eigenvalue weighted by atomic mass is 10.1. The molecule has 7 nitrogen and oxygen atoms in total. The lowest BCUT2D eigenvalue weighted by molar-refractivity contribution is -0.119. The maximum atomic E-state index is 12.9. The quantitative estimate of drug-likeness (QED) is 0.789. The molecule has 24 heavy (non-hydrogen) atoms. The van der Waals surface area contributed by atoms with Crippen LogP contribution >= 0.6 is 11.8 Å². The van der Waals surface area contributed by atoms with E-state index in [2.05, 4.69) is 10.1 Å². The van der Waals surface area contributed by atoms with Crippen LogP contribution in [0.4, 0.5) is 5.69 Å². The Hall–Kier alpha value is -2.09. The van der Waals surface area contributed by atoms with Crippen LogP contribution in [0.25, 0.3) is 0 Å². The highest BCUT2D eigenvalue weighted by molar-refractivity contribution is 8.00. The van der Waals surface area contributed by atoms with E-state index >= 15 is 0 Å². The van der Waals surface area contributed by atoms with Gasteiger partial charge in [-0.05, 0) is 26.7 Å². The molecule has 0 aliphatic carbocycles. The maximum absolute atomic E-state index is 12.9. The Labute approximate surface area is 144 Å². The third-order valence-corrected chi connectivity index (χ3v) is 5.24. The van der Waals surface area contributed by atoms with Gasteiger partial charge in [-0.2, -0.15) is 10.1 Å². The van der Waals surface area contributed by atoms with Crippen LogP contribution in [0.2, 0.25) is 0 Å². The third kappa shape index (κ3) is 3.38. The predicted octanol–water partition coefficient (Wildman–Crippen LogP) is 1.85. The van der Waals surface area contributed by atoms with Crippen LogP contribution in [-0.4, -0.2) is 37.0 Å². The van der Waals surface area contributed by atoms with Gasteiger partial charge < -0.3 is 9.47 Å². The van der Waals surface area contributed by atoms with E-state index < -0.39 is 0 Å². The topological polar surface area (TPSA) is 73.0 Å². The molecule has 1 aliphatic heterocycles. The molecule has 0 aromatic carbocycles. The first-order valence-electron chi connectivity index (χ1n) is 8.01. The minimum atomic E-state index is -0.276. The van der Waals surface area contributed by atoms with E-state index in [0.717, 1.165) is 18.5 Å². The van der Waals surface area contributed by atoms with Crippen LogP contribution in [-0.2, 0) is 11.8 Å². The number of carbonyl (C=O) groups excluding carboxylic acids is 1. The molecule has 128 valence electrons. The van der Waals surface area contributed by atoms with Gasteiger partial charge in [-0.25, -0.2) is 0 Å². The summed E-state index contributed by atoms with van der Waals surface area (Å²) < 4.78 is 3.62. The van der Waals surface area contributed by atoms with E-state index in [0.29, 0.717) is 11.7 Å². The van der Waals surface area contributed by atoms with Crippen molar-refractivity contribution in [2.24, 2.45) is 7.05 Å². The maximum Gasteiger partial charge on any atom is 0.273 e. The van der Waals surface area contributed by atoms with Gasteiger partial charge in [0.2, 0.25) is 5.91 Å². The summed E-state index contributed by atoms with van der Waals surface area (Å²) >= 11 is 1.38. The van der Waals surface area contributed by atoms with Gasteiger partial charge in [-0.1, -0.05) is 11.8 Å². The first-order chi connectivity index (χ1) is 11.5. The zero-order valence-electron chi connectivity index (χ0n) is 14.0. The Bertz CT molecular complexity index is 798. The average molecular weight is 347 g/mol. The van der Waals surface area contributed by atoms with Gasteiger partial charge in [0.05, 0.1) is 17.1 Å². The molecule has 8 heteroatoms. The molecule has 0 unspecified atom stereocenters. The summed E-state index contributed by atoms with van der Waals surface area (Å²) in [6.45, 7) is 4.75.